The number of amides is 2. The third-order valence-corrected chi connectivity index (χ3v) is 6.31. The van der Waals surface area contributed by atoms with Gasteiger partial charge in [-0.15, -0.1) is 0 Å². The van der Waals surface area contributed by atoms with Gasteiger partial charge in [0.25, 0.3) is 5.91 Å². The first-order valence-electron chi connectivity index (χ1n) is 12.1. The molecule has 0 aliphatic carbocycles. The molecule has 4 aromatic rings. The molecule has 2 amide bonds. The van der Waals surface area contributed by atoms with Gasteiger partial charge in [0.05, 0.1) is 36.5 Å². The van der Waals surface area contributed by atoms with Crippen LogP contribution in [0.3, 0.4) is 0 Å². The van der Waals surface area contributed by atoms with Gasteiger partial charge >= 0.3 is 0 Å². The molecule has 0 spiro atoms. The minimum absolute atomic E-state index is 0.0771. The van der Waals surface area contributed by atoms with Crippen LogP contribution in [0.4, 0.5) is 0 Å². The molecule has 0 fully saturated rings. The number of ether oxygens (including phenoxy) is 1. The zero-order valence-electron chi connectivity index (χ0n) is 20.6. The summed E-state index contributed by atoms with van der Waals surface area (Å²) in [6.07, 6.45) is 1.15. The second-order valence-corrected chi connectivity index (χ2v) is 8.97. The summed E-state index contributed by atoms with van der Waals surface area (Å²) >= 11 is 0. The van der Waals surface area contributed by atoms with Crippen LogP contribution < -0.4 is 15.8 Å². The molecule has 0 saturated carbocycles. The molecule has 8 heteroatoms. The van der Waals surface area contributed by atoms with Gasteiger partial charge in [-0.1, -0.05) is 54.6 Å². The summed E-state index contributed by atoms with van der Waals surface area (Å²) in [6.45, 7) is 0. The highest BCUT2D eigenvalue weighted by atomic mass is 16.5. The number of benzene rings is 3. The summed E-state index contributed by atoms with van der Waals surface area (Å²) in [6, 6.07) is 23.5. The number of rotatable bonds is 11. The highest BCUT2D eigenvalue weighted by molar-refractivity contribution is 5.94. The first kappa shape index (κ1) is 25.8. The second-order valence-electron chi connectivity index (χ2n) is 8.97. The molecule has 190 valence electrons. The van der Waals surface area contributed by atoms with E-state index in [1.54, 1.807) is 13.2 Å². The van der Waals surface area contributed by atoms with Crippen LogP contribution >= 0.6 is 0 Å². The van der Waals surface area contributed by atoms with Crippen molar-refractivity contribution in [3.63, 3.8) is 0 Å². The quantitative estimate of drug-likeness (QED) is 0.292. The lowest BCUT2D eigenvalue weighted by Crippen LogP contribution is -2.46. The molecule has 0 radical (unpaired) electrons. The van der Waals surface area contributed by atoms with Crippen LogP contribution in [-0.4, -0.2) is 46.1 Å². The number of hydrogen-bond acceptors (Lipinski definition) is 6. The van der Waals surface area contributed by atoms with E-state index in [2.05, 4.69) is 15.3 Å². The average molecular weight is 499 g/mol. The van der Waals surface area contributed by atoms with Crippen LogP contribution in [-0.2, 0) is 17.6 Å². The molecule has 8 nitrogen and oxygen atoms in total. The van der Waals surface area contributed by atoms with Gasteiger partial charge in [0.15, 0.2) is 0 Å². The molecule has 0 saturated heterocycles. The first-order valence-corrected chi connectivity index (χ1v) is 12.1. The number of para-hydroxylation sites is 2. The zero-order valence-corrected chi connectivity index (χ0v) is 20.6. The van der Waals surface area contributed by atoms with Gasteiger partial charge in [-0.2, -0.15) is 0 Å². The van der Waals surface area contributed by atoms with Gasteiger partial charge in [-0.25, -0.2) is 4.98 Å². The number of methoxy groups -OCH3 is 1. The van der Waals surface area contributed by atoms with E-state index in [0.717, 1.165) is 11.1 Å². The van der Waals surface area contributed by atoms with E-state index < -0.39 is 29.9 Å². The minimum atomic E-state index is -1.04. The molecule has 4 N–H and O–H groups in total. The number of primary amides is 1. The number of carbonyl (C=O) groups excluding carboxylic acids is 2. The number of hydrogen-bond donors (Lipinski definition) is 3. The van der Waals surface area contributed by atoms with Crippen molar-refractivity contribution in [1.29, 1.82) is 0 Å². The predicted molar refractivity (Wildman–Crippen MR) is 141 cm³/mol. The summed E-state index contributed by atoms with van der Waals surface area (Å²) in [7, 11) is 1.57. The van der Waals surface area contributed by atoms with E-state index in [1.807, 2.05) is 72.8 Å². The Morgan fingerprint density at radius 2 is 1.65 bits per heavy atom. The van der Waals surface area contributed by atoms with E-state index >= 15 is 0 Å². The van der Waals surface area contributed by atoms with Crippen LogP contribution in [0.1, 0.15) is 28.0 Å². The van der Waals surface area contributed by atoms with Crippen LogP contribution in [0.5, 0.6) is 5.75 Å². The maximum absolute atomic E-state index is 13.1. The summed E-state index contributed by atoms with van der Waals surface area (Å²) in [5.74, 6) is -0.946. The number of aromatic nitrogens is 2. The van der Waals surface area contributed by atoms with E-state index in [4.69, 9.17) is 10.5 Å². The Bertz CT molecular complexity index is 1360. The van der Waals surface area contributed by atoms with Crippen molar-refractivity contribution < 1.29 is 19.4 Å². The second kappa shape index (κ2) is 12.1. The Morgan fingerprint density at radius 3 is 2.38 bits per heavy atom. The third kappa shape index (κ3) is 6.89. The number of carbonyl (C=O) groups is 2. The summed E-state index contributed by atoms with van der Waals surface area (Å²) in [5.41, 5.74) is 8.94. The summed E-state index contributed by atoms with van der Waals surface area (Å²) < 4.78 is 5.27. The van der Waals surface area contributed by atoms with E-state index in [-0.39, 0.29) is 12.1 Å². The highest BCUT2D eigenvalue weighted by Crippen LogP contribution is 2.21. The molecule has 37 heavy (non-hydrogen) atoms. The fourth-order valence-electron chi connectivity index (χ4n) is 4.30. The van der Waals surface area contributed by atoms with Gasteiger partial charge in [-0.05, 0) is 54.7 Å². The fourth-order valence-corrected chi connectivity index (χ4v) is 4.30. The Hall–Kier alpha value is -4.30. The normalized spacial score (nSPS) is 13.5. The summed E-state index contributed by atoms with van der Waals surface area (Å²) in [5, 5.41) is 14.2. The smallest absolute Gasteiger partial charge is 0.271 e. The number of fused-ring (bicyclic) bond motifs is 1. The molecule has 0 unspecified atom stereocenters. The molecule has 1 aromatic heterocycles. The monoisotopic (exact) mass is 498 g/mol. The van der Waals surface area contributed by atoms with Gasteiger partial charge in [-0.3, -0.25) is 14.6 Å². The average Bonchev–Trinajstić information content (AvgIpc) is 2.92. The van der Waals surface area contributed by atoms with Crippen LogP contribution in [0.15, 0.2) is 85.1 Å². The lowest BCUT2D eigenvalue weighted by atomic mass is 9.88. The zero-order chi connectivity index (χ0) is 26.2. The van der Waals surface area contributed by atoms with Gasteiger partial charge in [0, 0.05) is 5.92 Å². The highest BCUT2D eigenvalue weighted by Gasteiger charge is 2.28. The third-order valence-electron chi connectivity index (χ3n) is 6.31. The molecular weight excluding hydrogens is 468 g/mol. The summed E-state index contributed by atoms with van der Waals surface area (Å²) in [4.78, 5) is 34.2. The van der Waals surface area contributed by atoms with Gasteiger partial charge in [0.2, 0.25) is 5.91 Å². The molecule has 0 aliphatic heterocycles. The maximum atomic E-state index is 13.1. The van der Waals surface area contributed by atoms with Crippen molar-refractivity contribution in [1.82, 2.24) is 15.3 Å². The lowest BCUT2D eigenvalue weighted by molar-refractivity contribution is -0.122. The molecule has 4 rings (SSSR count). The molecule has 0 aliphatic rings. The van der Waals surface area contributed by atoms with Crippen molar-refractivity contribution in [2.75, 3.05) is 7.11 Å². The van der Waals surface area contributed by atoms with E-state index in [0.29, 0.717) is 29.6 Å². The van der Waals surface area contributed by atoms with Crippen LogP contribution in [0.25, 0.3) is 11.0 Å². The number of aliphatic hydroxyl groups excluding tert-OH is 1. The largest absolute Gasteiger partial charge is 0.497 e. The van der Waals surface area contributed by atoms with Crippen LogP contribution in [0.2, 0.25) is 0 Å². The maximum Gasteiger partial charge on any atom is 0.271 e. The number of aliphatic hydroxyl groups is 1. The predicted octanol–water partition coefficient (Wildman–Crippen LogP) is 3.07. The van der Waals surface area contributed by atoms with E-state index in [9.17, 15) is 14.7 Å². The first-order chi connectivity index (χ1) is 17.9. The SMILES string of the molecule is COc1cccc(C[C@H](C[C@H](O)[C@H](Cc2ccccc2)NC(=O)c2cnc3ccccc3n2)C(N)=O)c1. The van der Waals surface area contributed by atoms with Crippen molar-refractivity contribution in [2.45, 2.75) is 31.4 Å². The molecular formula is C29H30N4O4. The molecule has 0 bridgehead atoms. The van der Waals surface area contributed by atoms with Crippen molar-refractivity contribution >= 4 is 22.8 Å². The Labute approximate surface area is 215 Å². The minimum Gasteiger partial charge on any atom is -0.497 e. The number of nitrogens with zero attached hydrogens (tertiary/aromatic N) is 2. The van der Waals surface area contributed by atoms with Gasteiger partial charge < -0.3 is 20.9 Å². The van der Waals surface area contributed by atoms with Gasteiger partial charge in [0.1, 0.15) is 11.4 Å². The fraction of sp³-hybridized carbons (Fsp3) is 0.241. The topological polar surface area (TPSA) is 127 Å². The Kier molecular flexibility index (Phi) is 8.43. The molecule has 3 atom stereocenters. The Balaban J connectivity index is 1.53. The van der Waals surface area contributed by atoms with Crippen molar-refractivity contribution in [2.24, 2.45) is 11.7 Å². The number of nitrogens with one attached hydrogen (secondary N) is 1. The van der Waals surface area contributed by atoms with Crippen LogP contribution in [0, 0.1) is 5.92 Å². The Morgan fingerprint density at radius 1 is 0.946 bits per heavy atom. The molecule has 1 heterocycles. The lowest BCUT2D eigenvalue weighted by Gasteiger charge is -2.27. The molecule has 3 aromatic carbocycles. The van der Waals surface area contributed by atoms with Crippen molar-refractivity contribution in [3.05, 3.63) is 102 Å². The standard InChI is InChI=1S/C29H30N4O4/c1-37-22-11-7-10-20(15-22)14-21(28(30)35)17-27(34)25(16-19-8-3-2-4-9-19)33-29(36)26-18-31-23-12-5-6-13-24(23)32-26/h2-13,15,18,21,25,27,34H,14,16-17H2,1H3,(H2,30,35)(H,33,36)/t21-,25+,27+/m1/s1. The van der Waals surface area contributed by atoms with Crippen molar-refractivity contribution in [3.8, 4) is 5.75 Å². The number of nitrogens with two attached hydrogens (primary N) is 1. The van der Waals surface area contributed by atoms with E-state index in [1.165, 1.54) is 6.20 Å².